The van der Waals surface area contributed by atoms with Gasteiger partial charge in [0.25, 0.3) is 6.43 Å². The van der Waals surface area contributed by atoms with E-state index in [4.69, 9.17) is 4.52 Å². The second-order valence-corrected chi connectivity index (χ2v) is 5.63. The average Bonchev–Trinajstić information content (AvgIpc) is 3.03. The van der Waals surface area contributed by atoms with Gasteiger partial charge in [-0.2, -0.15) is 4.98 Å². The Labute approximate surface area is 137 Å². The van der Waals surface area contributed by atoms with Crippen molar-refractivity contribution < 1.29 is 13.3 Å². The largest absolute Gasteiger partial charge is 0.369 e. The Morgan fingerprint density at radius 1 is 1.08 bits per heavy atom. The van der Waals surface area contributed by atoms with Crippen molar-refractivity contribution >= 4 is 16.7 Å². The minimum Gasteiger partial charge on any atom is -0.369 e. The number of nitrogens with zero attached hydrogens (tertiary/aromatic N) is 4. The predicted molar refractivity (Wildman–Crippen MR) is 85.1 cm³/mol. The first-order valence-corrected chi connectivity index (χ1v) is 7.65. The highest BCUT2D eigenvalue weighted by molar-refractivity contribution is 5.88. The van der Waals surface area contributed by atoms with Gasteiger partial charge in [0.1, 0.15) is 5.82 Å². The second kappa shape index (κ2) is 6.86. The average molecular weight is 333 g/mol. The number of halogens is 2. The number of rotatable bonds is 6. The summed E-state index contributed by atoms with van der Waals surface area (Å²) < 4.78 is 31.1. The van der Waals surface area contributed by atoms with E-state index in [0.29, 0.717) is 41.4 Å². The lowest BCUT2D eigenvalue weighted by atomic mass is 10.2. The van der Waals surface area contributed by atoms with E-state index in [1.54, 1.807) is 18.2 Å². The van der Waals surface area contributed by atoms with Gasteiger partial charge in [-0.25, -0.2) is 18.7 Å². The fourth-order valence-electron chi connectivity index (χ4n) is 2.22. The zero-order valence-electron chi connectivity index (χ0n) is 13.3. The standard InChI is InChI=1S/C16H17F2N5O/c1-9(2)14-21-12(24-23-14)7-8-19-15-10-5-3-4-6-11(10)20-16(22-15)13(17)18/h3-6,9,13H,7-8H2,1-2H3,(H,19,20,22). The van der Waals surface area contributed by atoms with Crippen LogP contribution in [0.5, 0.6) is 0 Å². The first-order valence-electron chi connectivity index (χ1n) is 7.65. The zero-order chi connectivity index (χ0) is 17.1. The molecule has 3 aromatic rings. The molecule has 6 nitrogen and oxygen atoms in total. The van der Waals surface area contributed by atoms with Crippen LogP contribution in [0.25, 0.3) is 10.9 Å². The van der Waals surface area contributed by atoms with Crippen LogP contribution < -0.4 is 5.32 Å². The van der Waals surface area contributed by atoms with Gasteiger partial charge < -0.3 is 9.84 Å². The van der Waals surface area contributed by atoms with Crippen molar-refractivity contribution in [2.75, 3.05) is 11.9 Å². The van der Waals surface area contributed by atoms with Gasteiger partial charge in [0.05, 0.1) is 5.52 Å². The number of hydrogen-bond acceptors (Lipinski definition) is 6. The van der Waals surface area contributed by atoms with E-state index in [2.05, 4.69) is 25.4 Å². The molecule has 0 aliphatic rings. The fraction of sp³-hybridized carbons (Fsp3) is 0.375. The summed E-state index contributed by atoms with van der Waals surface area (Å²) in [5.74, 6) is 1.22. The summed E-state index contributed by atoms with van der Waals surface area (Å²) in [6.45, 7) is 4.39. The monoisotopic (exact) mass is 333 g/mol. The van der Waals surface area contributed by atoms with E-state index in [0.717, 1.165) is 0 Å². The molecule has 1 N–H and O–H groups in total. The second-order valence-electron chi connectivity index (χ2n) is 5.63. The van der Waals surface area contributed by atoms with Gasteiger partial charge in [0.2, 0.25) is 5.89 Å². The van der Waals surface area contributed by atoms with Crippen molar-refractivity contribution in [3.05, 3.63) is 41.8 Å². The Bertz CT molecular complexity index is 834. The SMILES string of the molecule is CC(C)c1noc(CCNc2nc(C(F)F)nc3ccccc23)n1. The summed E-state index contributed by atoms with van der Waals surface area (Å²) in [4.78, 5) is 12.1. The number of nitrogens with one attached hydrogen (secondary N) is 1. The Balaban J connectivity index is 1.76. The molecule has 0 unspecified atom stereocenters. The Morgan fingerprint density at radius 2 is 1.88 bits per heavy atom. The minimum absolute atomic E-state index is 0.190. The van der Waals surface area contributed by atoms with Crippen LogP contribution in [0, 0.1) is 0 Å². The lowest BCUT2D eigenvalue weighted by Gasteiger charge is -2.09. The highest BCUT2D eigenvalue weighted by Gasteiger charge is 2.15. The smallest absolute Gasteiger partial charge is 0.297 e. The lowest BCUT2D eigenvalue weighted by molar-refractivity contribution is 0.141. The van der Waals surface area contributed by atoms with Gasteiger partial charge in [-0.3, -0.25) is 0 Å². The quantitative estimate of drug-likeness (QED) is 0.741. The van der Waals surface area contributed by atoms with Crippen LogP contribution in [-0.4, -0.2) is 26.7 Å². The molecular formula is C16H17F2N5O. The molecule has 0 aliphatic carbocycles. The molecule has 8 heteroatoms. The molecule has 1 aromatic carbocycles. The van der Waals surface area contributed by atoms with E-state index in [1.165, 1.54) is 0 Å². The number of fused-ring (bicyclic) bond motifs is 1. The Kier molecular flexibility index (Phi) is 4.64. The summed E-state index contributed by atoms with van der Waals surface area (Å²) in [6, 6.07) is 7.03. The molecule has 3 rings (SSSR count). The summed E-state index contributed by atoms with van der Waals surface area (Å²) >= 11 is 0. The molecule has 0 aliphatic heterocycles. The summed E-state index contributed by atoms with van der Waals surface area (Å²) in [7, 11) is 0. The van der Waals surface area contributed by atoms with E-state index in [1.807, 2.05) is 19.9 Å². The van der Waals surface area contributed by atoms with Crippen LogP contribution in [0.15, 0.2) is 28.8 Å². The number of para-hydroxylation sites is 1. The molecule has 2 heterocycles. The fourth-order valence-corrected chi connectivity index (χ4v) is 2.22. The first-order chi connectivity index (χ1) is 11.5. The number of alkyl halides is 2. The third-order valence-corrected chi connectivity index (χ3v) is 3.45. The molecule has 24 heavy (non-hydrogen) atoms. The summed E-state index contributed by atoms with van der Waals surface area (Å²) in [6.07, 6.45) is -2.25. The molecule has 0 saturated heterocycles. The molecule has 0 fully saturated rings. The molecule has 0 amide bonds. The van der Waals surface area contributed by atoms with Gasteiger partial charge in [0, 0.05) is 24.3 Å². The van der Waals surface area contributed by atoms with Gasteiger partial charge in [-0.15, -0.1) is 0 Å². The molecule has 0 atom stereocenters. The highest BCUT2D eigenvalue weighted by Crippen LogP contribution is 2.24. The third-order valence-electron chi connectivity index (χ3n) is 3.45. The molecule has 0 bridgehead atoms. The molecule has 2 aromatic heterocycles. The van der Waals surface area contributed by atoms with E-state index < -0.39 is 12.2 Å². The van der Waals surface area contributed by atoms with Crippen molar-refractivity contribution in [1.29, 1.82) is 0 Å². The van der Waals surface area contributed by atoms with Crippen LogP contribution in [0.3, 0.4) is 0 Å². The topological polar surface area (TPSA) is 76.7 Å². The lowest BCUT2D eigenvalue weighted by Crippen LogP contribution is -2.09. The normalized spacial score (nSPS) is 11.6. The maximum absolute atomic E-state index is 13.0. The van der Waals surface area contributed by atoms with Crippen molar-refractivity contribution in [3.63, 3.8) is 0 Å². The Morgan fingerprint density at radius 3 is 2.58 bits per heavy atom. The van der Waals surface area contributed by atoms with Crippen molar-refractivity contribution in [2.24, 2.45) is 0 Å². The van der Waals surface area contributed by atoms with Crippen LogP contribution in [0.4, 0.5) is 14.6 Å². The maximum atomic E-state index is 13.0. The minimum atomic E-state index is -2.72. The summed E-state index contributed by atoms with van der Waals surface area (Å²) in [5, 5.41) is 7.64. The molecule has 0 saturated carbocycles. The molecule has 126 valence electrons. The van der Waals surface area contributed by atoms with Crippen molar-refractivity contribution in [3.8, 4) is 0 Å². The van der Waals surface area contributed by atoms with Gasteiger partial charge in [-0.05, 0) is 12.1 Å². The number of anilines is 1. The van der Waals surface area contributed by atoms with Gasteiger partial charge in [-0.1, -0.05) is 31.1 Å². The van der Waals surface area contributed by atoms with E-state index in [9.17, 15) is 8.78 Å². The van der Waals surface area contributed by atoms with Crippen molar-refractivity contribution in [2.45, 2.75) is 32.6 Å². The van der Waals surface area contributed by atoms with Crippen molar-refractivity contribution in [1.82, 2.24) is 20.1 Å². The van der Waals surface area contributed by atoms with Crippen LogP contribution in [-0.2, 0) is 6.42 Å². The molecule has 0 radical (unpaired) electrons. The third kappa shape index (κ3) is 3.47. The van der Waals surface area contributed by atoms with E-state index >= 15 is 0 Å². The number of hydrogen-bond donors (Lipinski definition) is 1. The number of benzene rings is 1. The first kappa shape index (κ1) is 16.2. The molecule has 0 spiro atoms. The molecular weight excluding hydrogens is 316 g/mol. The maximum Gasteiger partial charge on any atom is 0.297 e. The Hall–Kier alpha value is -2.64. The van der Waals surface area contributed by atoms with Crippen LogP contribution in [0.2, 0.25) is 0 Å². The van der Waals surface area contributed by atoms with Gasteiger partial charge in [0.15, 0.2) is 11.6 Å². The highest BCUT2D eigenvalue weighted by atomic mass is 19.3. The van der Waals surface area contributed by atoms with E-state index in [-0.39, 0.29) is 5.92 Å². The van der Waals surface area contributed by atoms with Crippen LogP contribution >= 0.6 is 0 Å². The zero-order valence-corrected chi connectivity index (χ0v) is 13.3. The predicted octanol–water partition coefficient (Wildman–Crippen LogP) is 3.73. The summed E-state index contributed by atoms with van der Waals surface area (Å²) in [5.41, 5.74) is 0.477. The van der Waals surface area contributed by atoms with Crippen LogP contribution in [0.1, 0.15) is 43.7 Å². The number of aromatic nitrogens is 4. The van der Waals surface area contributed by atoms with Gasteiger partial charge >= 0.3 is 0 Å².